The van der Waals surface area contributed by atoms with Crippen LogP contribution in [0.3, 0.4) is 0 Å². The van der Waals surface area contributed by atoms with Gasteiger partial charge in [0.05, 0.1) is 38.0 Å². The SMILES string of the molecule is N[C@H]1[C@H](O[C@H]2[C@@H](O)[C@H](O)[C@@H](CO)O[C@@H]2O)OC[C@@H](N)[C@@H]1O[C@@H]1O[C@H](CO)[C@H](O)[C@H](O)[C@H]1O. The van der Waals surface area contributed by atoms with Gasteiger partial charge in [-0.2, -0.15) is 0 Å². The Morgan fingerprint density at radius 3 is 1.88 bits per heavy atom. The standard InChI is InChI=1S/C17H32N2O13/c18-4-3-28-16(32-14-11(25)9(23)5(1-20)29-15(14)27)7(19)13(4)31-17-12(26)10(24)8(22)6(2-21)30-17/h4-17,20-27H,1-3,18-19H2/t4-,5-,6-,7-,8+,9-,10+,11+,12-,13+,14+,15+,16+,17+/m1/s1. The van der Waals surface area contributed by atoms with Gasteiger partial charge >= 0.3 is 0 Å². The van der Waals surface area contributed by atoms with Crippen LogP contribution in [-0.4, -0.2) is 147 Å². The maximum atomic E-state index is 10.2. The quantitative estimate of drug-likeness (QED) is 0.172. The molecular weight excluding hydrogens is 440 g/mol. The Hall–Kier alpha value is -0.600. The molecular formula is C17H32N2O13. The molecule has 0 bridgehead atoms. The second kappa shape index (κ2) is 10.8. The normalized spacial score (nSPS) is 52.7. The molecule has 3 saturated heterocycles. The first-order valence-corrected chi connectivity index (χ1v) is 10.1. The number of ether oxygens (including phenoxy) is 5. The van der Waals surface area contributed by atoms with Crippen LogP contribution in [0.4, 0.5) is 0 Å². The van der Waals surface area contributed by atoms with E-state index >= 15 is 0 Å². The average Bonchev–Trinajstić information content (AvgIpc) is 2.77. The highest BCUT2D eigenvalue weighted by Gasteiger charge is 2.50. The van der Waals surface area contributed by atoms with Crippen LogP contribution in [-0.2, 0) is 23.7 Å². The molecule has 3 aliphatic heterocycles. The molecule has 0 aromatic heterocycles. The van der Waals surface area contributed by atoms with Crippen LogP contribution in [0.15, 0.2) is 0 Å². The van der Waals surface area contributed by atoms with Gasteiger partial charge in [-0.25, -0.2) is 0 Å². The van der Waals surface area contributed by atoms with Crippen molar-refractivity contribution in [1.29, 1.82) is 0 Å². The number of aliphatic hydroxyl groups excluding tert-OH is 8. The molecule has 12 N–H and O–H groups in total. The monoisotopic (exact) mass is 472 g/mol. The molecule has 32 heavy (non-hydrogen) atoms. The molecule has 0 amide bonds. The first-order valence-electron chi connectivity index (χ1n) is 10.1. The summed E-state index contributed by atoms with van der Waals surface area (Å²) < 4.78 is 26.9. The lowest BCUT2D eigenvalue weighted by molar-refractivity contribution is -0.347. The third kappa shape index (κ3) is 5.07. The predicted octanol–water partition coefficient (Wildman–Crippen LogP) is -7.00. The van der Waals surface area contributed by atoms with Gasteiger partial charge in [0.25, 0.3) is 0 Å². The van der Waals surface area contributed by atoms with E-state index < -0.39 is 99.1 Å². The Morgan fingerprint density at radius 1 is 0.688 bits per heavy atom. The second-order valence-corrected chi connectivity index (χ2v) is 8.07. The maximum Gasteiger partial charge on any atom is 0.187 e. The number of hydrogen-bond acceptors (Lipinski definition) is 15. The van der Waals surface area contributed by atoms with E-state index in [1.165, 1.54) is 0 Å². The summed E-state index contributed by atoms with van der Waals surface area (Å²) in [6.07, 6.45) is -17.7. The molecule has 15 heteroatoms. The maximum absolute atomic E-state index is 10.2. The summed E-state index contributed by atoms with van der Waals surface area (Å²) in [5.74, 6) is 0. The largest absolute Gasteiger partial charge is 0.394 e. The zero-order valence-corrected chi connectivity index (χ0v) is 17.0. The first-order chi connectivity index (χ1) is 15.1. The smallest absolute Gasteiger partial charge is 0.187 e. The summed E-state index contributed by atoms with van der Waals surface area (Å²) in [4.78, 5) is 0. The topological polar surface area (TPSA) is 260 Å². The fraction of sp³-hybridized carbons (Fsp3) is 1.00. The van der Waals surface area contributed by atoms with Crippen molar-refractivity contribution in [3.63, 3.8) is 0 Å². The minimum absolute atomic E-state index is 0.165. The fourth-order valence-electron chi connectivity index (χ4n) is 3.88. The van der Waals surface area contributed by atoms with Crippen LogP contribution < -0.4 is 11.5 Å². The number of rotatable bonds is 6. The Bertz CT molecular complexity index is 603. The van der Waals surface area contributed by atoms with Gasteiger partial charge in [0.15, 0.2) is 18.9 Å². The van der Waals surface area contributed by atoms with E-state index in [-0.39, 0.29) is 6.61 Å². The summed E-state index contributed by atoms with van der Waals surface area (Å²) in [7, 11) is 0. The first kappa shape index (κ1) is 26.0. The molecule has 0 unspecified atom stereocenters. The average molecular weight is 472 g/mol. The Labute approximate surface area is 182 Å². The lowest BCUT2D eigenvalue weighted by atomic mass is 9.97. The van der Waals surface area contributed by atoms with Crippen molar-refractivity contribution >= 4 is 0 Å². The van der Waals surface area contributed by atoms with Crippen molar-refractivity contribution in [2.45, 2.75) is 85.9 Å². The summed E-state index contributed by atoms with van der Waals surface area (Å²) in [5.41, 5.74) is 12.1. The van der Waals surface area contributed by atoms with Gasteiger partial charge in [-0.05, 0) is 0 Å². The summed E-state index contributed by atoms with van der Waals surface area (Å²) >= 11 is 0. The minimum atomic E-state index is -1.72. The molecule has 15 nitrogen and oxygen atoms in total. The van der Waals surface area contributed by atoms with Crippen molar-refractivity contribution in [3.05, 3.63) is 0 Å². The van der Waals surface area contributed by atoms with Crippen LogP contribution in [0, 0.1) is 0 Å². The van der Waals surface area contributed by atoms with E-state index in [0.717, 1.165) is 0 Å². The lowest BCUT2D eigenvalue weighted by Crippen LogP contribution is -2.67. The molecule has 0 radical (unpaired) electrons. The fourth-order valence-corrected chi connectivity index (χ4v) is 3.88. The molecule has 0 saturated carbocycles. The van der Waals surface area contributed by atoms with E-state index in [1.807, 2.05) is 0 Å². The van der Waals surface area contributed by atoms with E-state index in [9.17, 15) is 35.7 Å². The van der Waals surface area contributed by atoms with E-state index in [1.54, 1.807) is 0 Å². The Balaban J connectivity index is 1.67. The Kier molecular flexibility index (Phi) is 8.75. The highest BCUT2D eigenvalue weighted by atomic mass is 16.7. The van der Waals surface area contributed by atoms with Crippen LogP contribution in [0.1, 0.15) is 0 Å². The third-order valence-electron chi connectivity index (χ3n) is 5.84. The lowest BCUT2D eigenvalue weighted by Gasteiger charge is -2.46. The Morgan fingerprint density at radius 2 is 1.25 bits per heavy atom. The number of hydrogen-bond donors (Lipinski definition) is 10. The van der Waals surface area contributed by atoms with Gasteiger partial charge in [0.1, 0.15) is 48.8 Å². The van der Waals surface area contributed by atoms with Gasteiger partial charge in [0, 0.05) is 0 Å². The van der Waals surface area contributed by atoms with Crippen molar-refractivity contribution in [3.8, 4) is 0 Å². The van der Waals surface area contributed by atoms with Crippen LogP contribution in [0.25, 0.3) is 0 Å². The van der Waals surface area contributed by atoms with Crippen LogP contribution >= 0.6 is 0 Å². The van der Waals surface area contributed by atoms with E-state index in [4.69, 9.17) is 40.3 Å². The molecule has 0 spiro atoms. The summed E-state index contributed by atoms with van der Waals surface area (Å²) in [6.45, 7) is -1.47. The van der Waals surface area contributed by atoms with Gasteiger partial charge in [0.2, 0.25) is 0 Å². The molecule has 0 aromatic rings. The van der Waals surface area contributed by atoms with Crippen LogP contribution in [0.5, 0.6) is 0 Å². The molecule has 0 aliphatic carbocycles. The zero-order valence-electron chi connectivity index (χ0n) is 17.0. The van der Waals surface area contributed by atoms with Gasteiger partial charge in [-0.15, -0.1) is 0 Å². The highest BCUT2D eigenvalue weighted by molar-refractivity contribution is 4.96. The van der Waals surface area contributed by atoms with Gasteiger partial charge in [-0.3, -0.25) is 0 Å². The van der Waals surface area contributed by atoms with Crippen molar-refractivity contribution in [2.75, 3.05) is 19.8 Å². The summed E-state index contributed by atoms with van der Waals surface area (Å²) in [6, 6.07) is -2.02. The summed E-state index contributed by atoms with van der Waals surface area (Å²) in [5, 5.41) is 78.8. The molecule has 3 rings (SSSR count). The predicted molar refractivity (Wildman–Crippen MR) is 99.2 cm³/mol. The molecule has 3 heterocycles. The van der Waals surface area contributed by atoms with Gasteiger partial charge in [-0.1, -0.05) is 0 Å². The minimum Gasteiger partial charge on any atom is -0.394 e. The molecule has 3 fully saturated rings. The van der Waals surface area contributed by atoms with E-state index in [0.29, 0.717) is 0 Å². The van der Waals surface area contributed by atoms with Crippen molar-refractivity contribution in [2.24, 2.45) is 11.5 Å². The molecule has 188 valence electrons. The number of aliphatic hydroxyl groups is 8. The van der Waals surface area contributed by atoms with Crippen LogP contribution in [0.2, 0.25) is 0 Å². The molecule has 0 aromatic carbocycles. The molecule has 3 aliphatic rings. The van der Waals surface area contributed by atoms with Gasteiger partial charge < -0.3 is 76.0 Å². The third-order valence-corrected chi connectivity index (χ3v) is 5.84. The zero-order chi connectivity index (χ0) is 23.7. The van der Waals surface area contributed by atoms with Crippen molar-refractivity contribution in [1.82, 2.24) is 0 Å². The highest BCUT2D eigenvalue weighted by Crippen LogP contribution is 2.29. The van der Waals surface area contributed by atoms with Crippen molar-refractivity contribution < 1.29 is 64.5 Å². The number of nitrogens with two attached hydrogens (primary N) is 2. The second-order valence-electron chi connectivity index (χ2n) is 8.07. The molecule has 14 atom stereocenters. The van der Waals surface area contributed by atoms with E-state index in [2.05, 4.69) is 0 Å².